The Kier molecular flexibility index (Phi) is 5.98. The van der Waals surface area contributed by atoms with E-state index in [2.05, 4.69) is 55.0 Å². The molecule has 5 saturated carbocycles. The molecule has 5 rings (SSSR count). The molecule has 0 radical (unpaired) electrons. The molecule has 0 aromatic carbocycles. The number of allylic oxidation sites excluding steroid dienone is 1. The average Bonchev–Trinajstić information content (AvgIpc) is 3.36. The average molecular weight is 483 g/mol. The molecule has 2 spiro atoms. The first-order chi connectivity index (χ1) is 16.3. The number of hydrogen-bond donors (Lipinski definition) is 0. The molecule has 2 nitrogen and oxygen atoms in total. The molecule has 0 N–H and O–H groups in total. The molecule has 0 aromatic heterocycles. The van der Waals surface area contributed by atoms with E-state index in [0.717, 1.165) is 30.1 Å². The summed E-state index contributed by atoms with van der Waals surface area (Å²) in [7, 11) is 0. The number of esters is 1. The van der Waals surface area contributed by atoms with Gasteiger partial charge in [-0.1, -0.05) is 60.6 Å². The molecule has 5 aliphatic carbocycles. The monoisotopic (exact) mass is 482 g/mol. The minimum absolute atomic E-state index is 0.0951. The molecular weight excluding hydrogens is 428 g/mol. The minimum Gasteiger partial charge on any atom is -0.462 e. The third-order valence-corrected chi connectivity index (χ3v) is 13.8. The lowest BCUT2D eigenvalue weighted by molar-refractivity contribution is -0.181. The highest BCUT2D eigenvalue weighted by atomic mass is 16.5. The van der Waals surface area contributed by atoms with Crippen molar-refractivity contribution in [3.8, 4) is 0 Å². The lowest BCUT2D eigenvalue weighted by atomic mass is 9.41. The molecule has 9 atom stereocenters. The lowest BCUT2D eigenvalue weighted by Gasteiger charge is -2.63. The summed E-state index contributed by atoms with van der Waals surface area (Å²) < 4.78 is 5.91. The Labute approximate surface area is 216 Å². The molecule has 5 fully saturated rings. The highest BCUT2D eigenvalue weighted by molar-refractivity contribution is 5.66. The van der Waals surface area contributed by atoms with Crippen LogP contribution >= 0.6 is 0 Å². The zero-order valence-electron chi connectivity index (χ0n) is 24.3. The first-order valence-corrected chi connectivity index (χ1v) is 15.1. The van der Waals surface area contributed by atoms with Gasteiger partial charge < -0.3 is 4.74 Å². The van der Waals surface area contributed by atoms with Crippen LogP contribution < -0.4 is 0 Å². The molecule has 2 heteroatoms. The van der Waals surface area contributed by atoms with Crippen LogP contribution in [0.1, 0.15) is 126 Å². The molecule has 35 heavy (non-hydrogen) atoms. The molecule has 0 saturated heterocycles. The second-order valence-electron chi connectivity index (χ2n) is 15.4. The van der Waals surface area contributed by atoms with Gasteiger partial charge in [0.1, 0.15) is 6.10 Å². The van der Waals surface area contributed by atoms with E-state index in [0.29, 0.717) is 27.6 Å². The summed E-state index contributed by atoms with van der Waals surface area (Å²) in [6, 6.07) is 0. The fraction of sp³-hybridized carbons (Fsp3) is 0.909. The highest BCUT2D eigenvalue weighted by Crippen LogP contribution is 2.89. The second kappa shape index (κ2) is 8.10. The van der Waals surface area contributed by atoms with E-state index >= 15 is 0 Å². The third kappa shape index (κ3) is 3.35. The molecule has 198 valence electrons. The summed E-state index contributed by atoms with van der Waals surface area (Å²) in [5, 5.41) is 0. The normalized spacial score (nSPS) is 48.3. The molecule has 0 heterocycles. The van der Waals surface area contributed by atoms with Crippen LogP contribution in [0.3, 0.4) is 0 Å². The minimum atomic E-state index is -0.0951. The standard InChI is InChI=1S/C33H54O2/c1-21(2)22(3)10-11-23(4)25-14-16-31(9)27-13-12-26-29(6,7)28(35-24(5)34)15-17-32(26)20-33(27,32)19-18-30(25,31)8/h21,23,25-28H,3,10-20H2,1-2,4-9H3/t23-,25?,26?,27?,28+,30-,31+,32-,33+/m1/s1. The van der Waals surface area contributed by atoms with Gasteiger partial charge in [0.2, 0.25) is 0 Å². The predicted molar refractivity (Wildman–Crippen MR) is 145 cm³/mol. The van der Waals surface area contributed by atoms with Gasteiger partial charge >= 0.3 is 5.97 Å². The zero-order valence-corrected chi connectivity index (χ0v) is 24.3. The molecule has 0 amide bonds. The quantitative estimate of drug-likeness (QED) is 0.279. The molecule has 0 aliphatic heterocycles. The van der Waals surface area contributed by atoms with Crippen molar-refractivity contribution >= 4 is 5.97 Å². The first kappa shape index (κ1) is 25.8. The van der Waals surface area contributed by atoms with Crippen LogP contribution in [0.2, 0.25) is 0 Å². The number of rotatable bonds is 6. The Hall–Kier alpha value is -0.790. The maximum Gasteiger partial charge on any atom is 0.302 e. The number of fused-ring (bicyclic) bond motifs is 2. The topological polar surface area (TPSA) is 26.3 Å². The van der Waals surface area contributed by atoms with Crippen molar-refractivity contribution in [1.29, 1.82) is 0 Å². The Balaban J connectivity index is 1.37. The van der Waals surface area contributed by atoms with Gasteiger partial charge in [0.25, 0.3) is 0 Å². The zero-order chi connectivity index (χ0) is 25.6. The van der Waals surface area contributed by atoms with Crippen LogP contribution in [-0.2, 0) is 9.53 Å². The SMILES string of the molecule is C=C(CC[C@@H](C)C1CC[C@@]2(C)C3CCC4C(C)(C)[C@@H](OC(C)=O)CC[C@@]45C[C@@]35CC[C@]12C)C(C)C. The van der Waals surface area contributed by atoms with E-state index in [1.165, 1.54) is 69.8 Å². The number of carbonyl (C=O) groups excluding carboxylic acids is 1. The fourth-order valence-corrected chi connectivity index (χ4v) is 11.6. The highest BCUT2D eigenvalue weighted by Gasteiger charge is 2.82. The first-order valence-electron chi connectivity index (χ1n) is 15.1. The van der Waals surface area contributed by atoms with Gasteiger partial charge in [-0.3, -0.25) is 4.79 Å². The number of ether oxygens (including phenoxy) is 1. The van der Waals surface area contributed by atoms with Crippen molar-refractivity contribution < 1.29 is 9.53 Å². The Morgan fingerprint density at radius 1 is 0.886 bits per heavy atom. The Morgan fingerprint density at radius 2 is 1.54 bits per heavy atom. The van der Waals surface area contributed by atoms with Gasteiger partial charge in [-0.2, -0.15) is 0 Å². The van der Waals surface area contributed by atoms with Gasteiger partial charge in [-0.05, 0) is 122 Å². The van der Waals surface area contributed by atoms with Crippen LogP contribution in [0.4, 0.5) is 0 Å². The van der Waals surface area contributed by atoms with Crippen LogP contribution in [0.25, 0.3) is 0 Å². The fourth-order valence-electron chi connectivity index (χ4n) is 11.6. The van der Waals surface area contributed by atoms with E-state index in [-0.39, 0.29) is 17.5 Å². The predicted octanol–water partition coefficient (Wildman–Crippen LogP) is 8.99. The summed E-state index contributed by atoms with van der Waals surface area (Å²) in [6.45, 7) is 23.4. The van der Waals surface area contributed by atoms with Crippen molar-refractivity contribution in [3.05, 3.63) is 12.2 Å². The van der Waals surface area contributed by atoms with E-state index in [9.17, 15) is 4.79 Å². The van der Waals surface area contributed by atoms with Crippen molar-refractivity contribution in [2.45, 2.75) is 132 Å². The van der Waals surface area contributed by atoms with Crippen LogP contribution in [0.15, 0.2) is 12.2 Å². The summed E-state index contributed by atoms with van der Waals surface area (Å²) in [4.78, 5) is 11.9. The summed E-state index contributed by atoms with van der Waals surface area (Å²) in [6.07, 6.45) is 15.0. The molecule has 0 aromatic rings. The summed E-state index contributed by atoms with van der Waals surface area (Å²) >= 11 is 0. The summed E-state index contributed by atoms with van der Waals surface area (Å²) in [5.41, 5.74) is 3.63. The number of hydrogen-bond acceptors (Lipinski definition) is 2. The van der Waals surface area contributed by atoms with E-state index < -0.39 is 0 Å². The lowest BCUT2D eigenvalue weighted by Crippen LogP contribution is -2.58. The molecule has 0 bridgehead atoms. The second-order valence-corrected chi connectivity index (χ2v) is 15.4. The molecule has 5 aliphatic rings. The maximum absolute atomic E-state index is 11.9. The summed E-state index contributed by atoms with van der Waals surface area (Å²) in [5.74, 6) is 3.80. The van der Waals surface area contributed by atoms with Crippen LogP contribution in [-0.4, -0.2) is 12.1 Å². The van der Waals surface area contributed by atoms with E-state index in [1.807, 2.05) is 0 Å². The van der Waals surface area contributed by atoms with Crippen molar-refractivity contribution in [3.63, 3.8) is 0 Å². The molecule has 3 unspecified atom stereocenters. The van der Waals surface area contributed by atoms with E-state index in [1.54, 1.807) is 6.92 Å². The van der Waals surface area contributed by atoms with Gasteiger partial charge in [-0.25, -0.2) is 0 Å². The Morgan fingerprint density at radius 3 is 2.20 bits per heavy atom. The van der Waals surface area contributed by atoms with E-state index in [4.69, 9.17) is 4.74 Å². The van der Waals surface area contributed by atoms with Crippen LogP contribution in [0, 0.1) is 56.7 Å². The van der Waals surface area contributed by atoms with Crippen molar-refractivity contribution in [1.82, 2.24) is 0 Å². The number of carbonyl (C=O) groups is 1. The van der Waals surface area contributed by atoms with Gasteiger partial charge in [-0.15, -0.1) is 0 Å². The maximum atomic E-state index is 11.9. The van der Waals surface area contributed by atoms with Crippen LogP contribution in [0.5, 0.6) is 0 Å². The van der Waals surface area contributed by atoms with Gasteiger partial charge in [0.15, 0.2) is 0 Å². The Bertz CT molecular complexity index is 886. The van der Waals surface area contributed by atoms with Gasteiger partial charge in [0, 0.05) is 12.3 Å². The third-order valence-electron chi connectivity index (χ3n) is 13.8. The smallest absolute Gasteiger partial charge is 0.302 e. The van der Waals surface area contributed by atoms with Crippen molar-refractivity contribution in [2.24, 2.45) is 56.7 Å². The van der Waals surface area contributed by atoms with Gasteiger partial charge in [0.05, 0.1) is 0 Å². The largest absolute Gasteiger partial charge is 0.462 e. The van der Waals surface area contributed by atoms with Crippen molar-refractivity contribution in [2.75, 3.05) is 0 Å². The molecular formula is C33H54O2.